The molecule has 1 aliphatic rings. The number of ether oxygens (including phenoxy) is 1. The molecule has 4 rings (SSSR count). The Morgan fingerprint density at radius 3 is 2.46 bits per heavy atom. The molecule has 208 valence electrons. The summed E-state index contributed by atoms with van der Waals surface area (Å²) in [6, 6.07) is 8.27. The number of aliphatic hydroxyl groups is 1. The molecule has 0 radical (unpaired) electrons. The van der Waals surface area contributed by atoms with Gasteiger partial charge in [0, 0.05) is 37.0 Å². The Labute approximate surface area is 223 Å². The number of halogens is 3. The summed E-state index contributed by atoms with van der Waals surface area (Å²) in [6.07, 6.45) is -1.41. The number of amides is 1. The van der Waals surface area contributed by atoms with E-state index in [1.807, 2.05) is 0 Å². The highest BCUT2D eigenvalue weighted by Gasteiger charge is 2.35. The number of hydrogen-bond acceptors (Lipinski definition) is 9. The van der Waals surface area contributed by atoms with Crippen LogP contribution in [0.2, 0.25) is 0 Å². The fraction of sp³-hybridized carbons (Fsp3) is 0.385. The van der Waals surface area contributed by atoms with Crippen LogP contribution < -0.4 is 26.0 Å². The summed E-state index contributed by atoms with van der Waals surface area (Å²) in [5.74, 6) is -0.175. The Hall–Kier alpha value is -4.13. The predicted octanol–water partition coefficient (Wildman–Crippen LogP) is 5.37. The molecular formula is C26H30F3N7O3. The first-order chi connectivity index (χ1) is 18.5. The maximum absolute atomic E-state index is 13.8. The van der Waals surface area contributed by atoms with Crippen LogP contribution in [0.1, 0.15) is 43.7 Å². The number of anilines is 6. The zero-order valence-electron chi connectivity index (χ0n) is 21.7. The molecule has 0 atom stereocenters. The number of hydrogen-bond donors (Lipinski definition) is 5. The summed E-state index contributed by atoms with van der Waals surface area (Å²) >= 11 is 0. The van der Waals surface area contributed by atoms with Gasteiger partial charge in [0.1, 0.15) is 17.2 Å². The molecule has 1 saturated carbocycles. The fourth-order valence-electron chi connectivity index (χ4n) is 4.25. The van der Waals surface area contributed by atoms with E-state index >= 15 is 0 Å². The molecule has 1 amide bonds. The van der Waals surface area contributed by atoms with E-state index < -0.39 is 17.6 Å². The van der Waals surface area contributed by atoms with Crippen molar-refractivity contribution in [2.75, 3.05) is 28.4 Å². The number of alkyl halides is 3. The second-order valence-corrected chi connectivity index (χ2v) is 9.37. The molecule has 0 unspecified atom stereocenters. The lowest BCUT2D eigenvalue weighted by atomic mass is 9.93. The standard InChI is InChI=1S/C26H30F3N7O3/c1-14-4-9-20(21(10-14)31-15(2)37)34-24-19(26(27,28)29)13-30-25(36-24)33-17-11-22(35-23(12-17)39-3)32-16-5-7-18(38)8-6-16/h4,9-13,16,18,38H,5-8H2,1-3H3,(H,31,37)(H3,30,32,33,34,35,36). The maximum atomic E-state index is 13.8. The molecule has 0 aliphatic heterocycles. The van der Waals surface area contributed by atoms with E-state index in [1.54, 1.807) is 37.3 Å². The number of carbonyl (C=O) groups is 1. The number of benzene rings is 1. The monoisotopic (exact) mass is 545 g/mol. The summed E-state index contributed by atoms with van der Waals surface area (Å²) < 4.78 is 46.8. The highest BCUT2D eigenvalue weighted by atomic mass is 19.4. The molecule has 39 heavy (non-hydrogen) atoms. The predicted molar refractivity (Wildman–Crippen MR) is 142 cm³/mol. The largest absolute Gasteiger partial charge is 0.481 e. The molecule has 2 heterocycles. The number of rotatable bonds is 8. The molecule has 0 saturated heterocycles. The molecule has 3 aromatic rings. The van der Waals surface area contributed by atoms with Crippen LogP contribution in [-0.2, 0) is 11.0 Å². The van der Waals surface area contributed by atoms with Crippen LogP contribution in [0.3, 0.4) is 0 Å². The van der Waals surface area contributed by atoms with Crippen molar-refractivity contribution in [2.24, 2.45) is 0 Å². The zero-order valence-corrected chi connectivity index (χ0v) is 21.7. The Kier molecular flexibility index (Phi) is 8.38. The van der Waals surface area contributed by atoms with E-state index in [2.05, 4.69) is 36.2 Å². The van der Waals surface area contributed by atoms with E-state index in [1.165, 1.54) is 14.0 Å². The van der Waals surface area contributed by atoms with Gasteiger partial charge in [0.05, 0.1) is 24.6 Å². The van der Waals surface area contributed by atoms with Crippen LogP contribution in [0.5, 0.6) is 5.88 Å². The van der Waals surface area contributed by atoms with Crippen molar-refractivity contribution in [1.82, 2.24) is 15.0 Å². The van der Waals surface area contributed by atoms with Gasteiger partial charge in [-0.1, -0.05) is 6.07 Å². The van der Waals surface area contributed by atoms with Crippen molar-refractivity contribution in [2.45, 2.75) is 57.9 Å². The Morgan fingerprint density at radius 1 is 1.05 bits per heavy atom. The SMILES string of the molecule is COc1cc(Nc2ncc(C(F)(F)F)c(Nc3ccc(C)cc3NC(C)=O)n2)cc(NC2CCC(O)CC2)n1. The number of nitrogens with zero attached hydrogens (tertiary/aromatic N) is 3. The van der Waals surface area contributed by atoms with Crippen LogP contribution in [0.15, 0.2) is 36.5 Å². The lowest BCUT2D eigenvalue weighted by Crippen LogP contribution is -2.28. The first-order valence-electron chi connectivity index (χ1n) is 12.4. The molecule has 13 heteroatoms. The minimum Gasteiger partial charge on any atom is -0.481 e. The third kappa shape index (κ3) is 7.47. The normalized spacial score (nSPS) is 17.3. The lowest BCUT2D eigenvalue weighted by molar-refractivity contribution is -0.137. The average Bonchev–Trinajstić information content (AvgIpc) is 2.86. The second kappa shape index (κ2) is 11.7. The first-order valence-corrected chi connectivity index (χ1v) is 12.4. The van der Waals surface area contributed by atoms with Crippen LogP contribution in [-0.4, -0.2) is 45.2 Å². The molecule has 10 nitrogen and oxygen atoms in total. The molecule has 5 N–H and O–H groups in total. The molecule has 0 bridgehead atoms. The summed E-state index contributed by atoms with van der Waals surface area (Å²) in [7, 11) is 1.46. The van der Waals surface area contributed by atoms with Gasteiger partial charge in [-0.15, -0.1) is 0 Å². The summed E-state index contributed by atoms with van der Waals surface area (Å²) in [4.78, 5) is 24.0. The molecular weight excluding hydrogens is 515 g/mol. The second-order valence-electron chi connectivity index (χ2n) is 9.37. The van der Waals surface area contributed by atoms with Crippen LogP contribution >= 0.6 is 0 Å². The van der Waals surface area contributed by atoms with Gasteiger partial charge in [0.25, 0.3) is 0 Å². The lowest BCUT2D eigenvalue weighted by Gasteiger charge is -2.26. The van der Waals surface area contributed by atoms with Crippen molar-refractivity contribution >= 4 is 40.6 Å². The van der Waals surface area contributed by atoms with Gasteiger partial charge in [-0.05, 0) is 50.3 Å². The van der Waals surface area contributed by atoms with Gasteiger partial charge >= 0.3 is 6.18 Å². The summed E-state index contributed by atoms with van der Waals surface area (Å²) in [5.41, 5.74) is 0.733. The highest BCUT2D eigenvalue weighted by Crippen LogP contribution is 2.37. The zero-order chi connectivity index (χ0) is 28.2. The maximum Gasteiger partial charge on any atom is 0.421 e. The smallest absolute Gasteiger partial charge is 0.421 e. The summed E-state index contributed by atoms with van der Waals surface area (Å²) in [5, 5.41) is 21.3. The number of nitrogens with one attached hydrogen (secondary N) is 4. The number of pyridine rings is 1. The molecule has 1 aliphatic carbocycles. The van der Waals surface area contributed by atoms with Crippen molar-refractivity contribution < 1.29 is 27.8 Å². The number of methoxy groups -OCH3 is 1. The quantitative estimate of drug-likeness (QED) is 0.253. The van der Waals surface area contributed by atoms with E-state index in [0.29, 0.717) is 36.2 Å². The molecule has 2 aromatic heterocycles. The van der Waals surface area contributed by atoms with Crippen LogP contribution in [0, 0.1) is 6.92 Å². The Bertz CT molecular complexity index is 1330. The number of aromatic nitrogens is 3. The van der Waals surface area contributed by atoms with Crippen molar-refractivity contribution in [3.05, 3.63) is 47.7 Å². The van der Waals surface area contributed by atoms with Crippen LogP contribution in [0.4, 0.5) is 47.8 Å². The number of carbonyl (C=O) groups excluding carboxylic acids is 1. The van der Waals surface area contributed by atoms with Gasteiger partial charge in [-0.25, -0.2) is 4.98 Å². The molecule has 1 aromatic carbocycles. The van der Waals surface area contributed by atoms with E-state index in [0.717, 1.165) is 18.4 Å². The summed E-state index contributed by atoms with van der Waals surface area (Å²) in [6.45, 7) is 3.11. The van der Waals surface area contributed by atoms with E-state index in [4.69, 9.17) is 4.74 Å². The van der Waals surface area contributed by atoms with Crippen molar-refractivity contribution in [3.8, 4) is 5.88 Å². The topological polar surface area (TPSA) is 133 Å². The third-order valence-corrected chi connectivity index (χ3v) is 6.15. The van der Waals surface area contributed by atoms with Gasteiger partial charge in [0.2, 0.25) is 17.7 Å². The Morgan fingerprint density at radius 2 is 1.79 bits per heavy atom. The molecule has 0 spiro atoms. The van der Waals surface area contributed by atoms with Gasteiger partial charge in [-0.3, -0.25) is 4.79 Å². The van der Waals surface area contributed by atoms with E-state index in [-0.39, 0.29) is 35.6 Å². The highest BCUT2D eigenvalue weighted by molar-refractivity contribution is 5.93. The number of aryl methyl sites for hydroxylation is 1. The molecule has 1 fully saturated rings. The first kappa shape index (κ1) is 27.9. The van der Waals surface area contributed by atoms with Crippen molar-refractivity contribution in [3.63, 3.8) is 0 Å². The van der Waals surface area contributed by atoms with Gasteiger partial charge < -0.3 is 31.1 Å². The van der Waals surface area contributed by atoms with E-state index in [9.17, 15) is 23.1 Å². The van der Waals surface area contributed by atoms with Gasteiger partial charge in [0.15, 0.2) is 0 Å². The third-order valence-electron chi connectivity index (χ3n) is 6.15. The Balaban J connectivity index is 1.63. The average molecular weight is 546 g/mol. The fourth-order valence-corrected chi connectivity index (χ4v) is 4.25. The minimum absolute atomic E-state index is 0.0984. The van der Waals surface area contributed by atoms with Crippen molar-refractivity contribution in [1.29, 1.82) is 0 Å². The van der Waals surface area contributed by atoms with Crippen LogP contribution in [0.25, 0.3) is 0 Å². The minimum atomic E-state index is -4.73. The van der Waals surface area contributed by atoms with Gasteiger partial charge in [-0.2, -0.15) is 23.1 Å². The number of aliphatic hydroxyl groups excluding tert-OH is 1.